The second kappa shape index (κ2) is 6.18. The topological polar surface area (TPSA) is 15.3 Å². The zero-order valence-electron chi connectivity index (χ0n) is 11.9. The van der Waals surface area contributed by atoms with Crippen molar-refractivity contribution in [3.05, 3.63) is 35.4 Å². The molecule has 0 radical (unpaired) electrons. The Labute approximate surface area is 106 Å². The van der Waals surface area contributed by atoms with Crippen LogP contribution in [0.3, 0.4) is 0 Å². The van der Waals surface area contributed by atoms with E-state index in [0.717, 1.165) is 19.5 Å². The molecule has 1 aromatic carbocycles. The van der Waals surface area contributed by atoms with Crippen LogP contribution >= 0.6 is 0 Å². The summed E-state index contributed by atoms with van der Waals surface area (Å²) < 4.78 is 0. The number of rotatable bonds is 5. The monoisotopic (exact) mass is 234 g/mol. The van der Waals surface area contributed by atoms with Gasteiger partial charge in [0.15, 0.2) is 0 Å². The Morgan fingerprint density at radius 1 is 1.06 bits per heavy atom. The lowest BCUT2D eigenvalue weighted by molar-refractivity contribution is 0.399. The summed E-state index contributed by atoms with van der Waals surface area (Å²) in [5, 5.41) is 3.54. The van der Waals surface area contributed by atoms with Gasteiger partial charge >= 0.3 is 0 Å². The number of hydrogen-bond acceptors (Lipinski definition) is 2. The number of nitrogens with one attached hydrogen (secondary N) is 1. The highest BCUT2D eigenvalue weighted by Crippen LogP contribution is 2.11. The predicted molar refractivity (Wildman–Crippen MR) is 75.3 cm³/mol. The average Bonchev–Trinajstić information content (AvgIpc) is 2.18. The molecule has 0 saturated heterocycles. The van der Waals surface area contributed by atoms with Gasteiger partial charge in [0.1, 0.15) is 0 Å². The molecule has 0 aliphatic carbocycles. The molecule has 0 amide bonds. The summed E-state index contributed by atoms with van der Waals surface area (Å²) in [5.74, 6) is 0. The Hall–Kier alpha value is -0.860. The second-order valence-corrected chi connectivity index (χ2v) is 5.93. The van der Waals surface area contributed by atoms with E-state index in [4.69, 9.17) is 0 Å². The van der Waals surface area contributed by atoms with E-state index >= 15 is 0 Å². The summed E-state index contributed by atoms with van der Waals surface area (Å²) in [6.07, 6.45) is 1.10. The lowest BCUT2D eigenvalue weighted by Gasteiger charge is -2.21. The van der Waals surface area contributed by atoms with Gasteiger partial charge in [0, 0.05) is 12.1 Å². The molecule has 2 heteroatoms. The molecule has 0 saturated carbocycles. The molecule has 0 aliphatic rings. The van der Waals surface area contributed by atoms with Crippen LogP contribution in [0.2, 0.25) is 0 Å². The maximum atomic E-state index is 3.54. The van der Waals surface area contributed by atoms with Gasteiger partial charge in [-0.3, -0.25) is 0 Å². The summed E-state index contributed by atoms with van der Waals surface area (Å²) in [5.41, 5.74) is 3.10. The van der Waals surface area contributed by atoms with Crippen molar-refractivity contribution >= 4 is 0 Å². The van der Waals surface area contributed by atoms with Crippen LogP contribution in [0.25, 0.3) is 0 Å². The van der Waals surface area contributed by atoms with E-state index in [1.165, 1.54) is 11.1 Å². The highest BCUT2D eigenvalue weighted by molar-refractivity contribution is 5.27. The van der Waals surface area contributed by atoms with E-state index in [0.29, 0.717) is 0 Å². The van der Waals surface area contributed by atoms with Crippen molar-refractivity contribution in [3.8, 4) is 0 Å². The average molecular weight is 234 g/mol. The normalized spacial score (nSPS) is 12.1. The Kier molecular flexibility index (Phi) is 5.16. The molecule has 1 N–H and O–H groups in total. The molecule has 0 fully saturated rings. The molecular formula is C15H26N2. The number of nitrogens with zero attached hydrogens (tertiary/aromatic N) is 1. The molecule has 1 aromatic rings. The fourth-order valence-corrected chi connectivity index (χ4v) is 1.87. The van der Waals surface area contributed by atoms with Crippen LogP contribution < -0.4 is 5.32 Å². The van der Waals surface area contributed by atoms with Gasteiger partial charge in [-0.05, 0) is 59.0 Å². The minimum atomic E-state index is 0.205. The summed E-state index contributed by atoms with van der Waals surface area (Å²) in [6.45, 7) is 8.68. The van der Waals surface area contributed by atoms with Gasteiger partial charge in [0.25, 0.3) is 0 Å². The second-order valence-electron chi connectivity index (χ2n) is 5.93. The lowest BCUT2D eigenvalue weighted by Crippen LogP contribution is -2.37. The third kappa shape index (κ3) is 5.85. The first-order valence-electron chi connectivity index (χ1n) is 6.35. The largest absolute Gasteiger partial charge is 0.312 e. The molecule has 0 unspecified atom stereocenters. The van der Waals surface area contributed by atoms with Crippen molar-refractivity contribution in [2.24, 2.45) is 0 Å². The maximum absolute atomic E-state index is 3.54. The van der Waals surface area contributed by atoms with Gasteiger partial charge in [-0.2, -0.15) is 0 Å². The fourth-order valence-electron chi connectivity index (χ4n) is 1.87. The first-order valence-corrected chi connectivity index (χ1v) is 6.35. The van der Waals surface area contributed by atoms with Crippen LogP contribution in [0, 0.1) is 0 Å². The highest BCUT2D eigenvalue weighted by atomic mass is 15.0. The molecule has 17 heavy (non-hydrogen) atoms. The van der Waals surface area contributed by atoms with E-state index in [1.54, 1.807) is 0 Å². The van der Waals surface area contributed by atoms with Crippen LogP contribution in [-0.4, -0.2) is 31.1 Å². The van der Waals surface area contributed by atoms with Gasteiger partial charge in [0.05, 0.1) is 0 Å². The van der Waals surface area contributed by atoms with Gasteiger partial charge in [-0.25, -0.2) is 0 Å². The molecule has 96 valence electrons. The quantitative estimate of drug-likeness (QED) is 0.842. The molecule has 0 aliphatic heterocycles. The van der Waals surface area contributed by atoms with Gasteiger partial charge in [-0.15, -0.1) is 0 Å². The van der Waals surface area contributed by atoms with Crippen molar-refractivity contribution in [1.29, 1.82) is 0 Å². The Morgan fingerprint density at radius 3 is 2.18 bits per heavy atom. The minimum absolute atomic E-state index is 0.205. The van der Waals surface area contributed by atoms with E-state index < -0.39 is 0 Å². The summed E-state index contributed by atoms with van der Waals surface area (Å²) in [4.78, 5) is 2.22. The summed E-state index contributed by atoms with van der Waals surface area (Å²) in [6, 6.07) is 8.72. The maximum Gasteiger partial charge on any atom is 0.0230 e. The van der Waals surface area contributed by atoms with Crippen LogP contribution in [0.1, 0.15) is 31.9 Å². The van der Waals surface area contributed by atoms with E-state index in [1.807, 2.05) is 0 Å². The van der Waals surface area contributed by atoms with Gasteiger partial charge in [0.2, 0.25) is 0 Å². The van der Waals surface area contributed by atoms with E-state index in [9.17, 15) is 0 Å². The molecule has 0 heterocycles. The number of benzene rings is 1. The molecule has 0 atom stereocenters. The van der Waals surface area contributed by atoms with E-state index in [-0.39, 0.29) is 5.54 Å². The lowest BCUT2D eigenvalue weighted by atomic mass is 10.0. The molecule has 2 nitrogen and oxygen atoms in total. The third-order valence-corrected chi connectivity index (χ3v) is 2.65. The van der Waals surface area contributed by atoms with Crippen molar-refractivity contribution in [2.75, 3.05) is 20.6 Å². The summed E-state index contributed by atoms with van der Waals surface area (Å²) >= 11 is 0. The fraction of sp³-hybridized carbons (Fsp3) is 0.600. The van der Waals surface area contributed by atoms with Crippen molar-refractivity contribution in [2.45, 2.75) is 39.3 Å². The van der Waals surface area contributed by atoms with Crippen molar-refractivity contribution in [1.82, 2.24) is 10.2 Å². The third-order valence-electron chi connectivity index (χ3n) is 2.65. The first kappa shape index (κ1) is 14.2. The Morgan fingerprint density at radius 2 is 1.65 bits per heavy atom. The van der Waals surface area contributed by atoms with Gasteiger partial charge in [-0.1, -0.05) is 24.3 Å². The van der Waals surface area contributed by atoms with Crippen LogP contribution in [-0.2, 0) is 13.0 Å². The molecule has 0 bridgehead atoms. The smallest absolute Gasteiger partial charge is 0.0230 e. The zero-order chi connectivity index (χ0) is 12.9. The molecular weight excluding hydrogens is 208 g/mol. The minimum Gasteiger partial charge on any atom is -0.312 e. The summed E-state index contributed by atoms with van der Waals surface area (Å²) in [7, 11) is 4.23. The molecule has 0 spiro atoms. The number of hydrogen-bond donors (Lipinski definition) is 1. The van der Waals surface area contributed by atoms with E-state index in [2.05, 4.69) is 69.3 Å². The molecule has 0 aromatic heterocycles. The van der Waals surface area contributed by atoms with Crippen LogP contribution in [0.15, 0.2) is 24.3 Å². The Balaban J connectivity index is 2.58. The van der Waals surface area contributed by atoms with Crippen LogP contribution in [0.5, 0.6) is 0 Å². The molecule has 1 rings (SSSR count). The van der Waals surface area contributed by atoms with Gasteiger partial charge < -0.3 is 10.2 Å². The standard InChI is InChI=1S/C15H26N2/c1-15(2,3)16-11-10-13-8-6-7-9-14(13)12-17(4)5/h6-9,16H,10-12H2,1-5H3. The van der Waals surface area contributed by atoms with Crippen LogP contribution in [0.4, 0.5) is 0 Å². The SMILES string of the molecule is CN(C)Cc1ccccc1CCNC(C)(C)C. The zero-order valence-corrected chi connectivity index (χ0v) is 11.9. The first-order chi connectivity index (χ1) is 7.88. The Bertz CT molecular complexity index is 337. The highest BCUT2D eigenvalue weighted by Gasteiger charge is 2.09. The van der Waals surface area contributed by atoms with Crippen molar-refractivity contribution < 1.29 is 0 Å². The van der Waals surface area contributed by atoms with Crippen molar-refractivity contribution in [3.63, 3.8) is 0 Å². The predicted octanol–water partition coefficient (Wildman–Crippen LogP) is 2.68.